The van der Waals surface area contributed by atoms with Gasteiger partial charge in [0, 0.05) is 16.7 Å². The third kappa shape index (κ3) is 4.82. The Morgan fingerprint density at radius 1 is 0.375 bits per heavy atom. The molecule has 0 aromatic heterocycles. The van der Waals surface area contributed by atoms with Crippen LogP contribution in [-0.4, -0.2) is 0 Å². The number of nitriles is 2. The highest BCUT2D eigenvalue weighted by atomic mass is 15.2. The third-order valence-electron chi connectivity index (χ3n) is 11.4. The highest BCUT2D eigenvalue weighted by Gasteiger charge is 2.51. The minimum Gasteiger partial charge on any atom is -0.309 e. The number of para-hydroxylation sites is 2. The minimum atomic E-state index is -0.764. The van der Waals surface area contributed by atoms with Gasteiger partial charge < -0.3 is 4.90 Å². The molecule has 56 heavy (non-hydrogen) atoms. The Morgan fingerprint density at radius 3 is 1.20 bits per heavy atom. The standard InChI is InChI=1S/C53H33N3/c54-34-40(35-55)51-41-24-10-12-26-45(41)53(46-27-13-11-25-42(46)51)47-28-14-16-30-49(47)56(50-31-17-15-29-48(50)53)52-43(37-20-6-2-7-21-37)32-39(36-18-4-1-5-19-36)33-44(52)38-22-8-3-9-23-38/h1-33H. The lowest BCUT2D eigenvalue weighted by atomic mass is 9.56. The molecule has 3 heteroatoms. The number of anilines is 3. The number of allylic oxidation sites excluding steroid dienone is 1. The van der Waals surface area contributed by atoms with Crippen LogP contribution >= 0.6 is 0 Å². The van der Waals surface area contributed by atoms with Crippen LogP contribution < -0.4 is 4.90 Å². The Kier molecular flexibility index (Phi) is 7.81. The van der Waals surface area contributed by atoms with Crippen LogP contribution in [-0.2, 0) is 5.41 Å². The Hall–Kier alpha value is -7.72. The molecule has 0 saturated carbocycles. The minimum absolute atomic E-state index is 0.109. The summed E-state index contributed by atoms with van der Waals surface area (Å²) < 4.78 is 0. The van der Waals surface area contributed by atoms with E-state index >= 15 is 0 Å². The zero-order valence-corrected chi connectivity index (χ0v) is 30.4. The zero-order valence-electron chi connectivity index (χ0n) is 30.4. The van der Waals surface area contributed by atoms with Crippen LogP contribution in [0.5, 0.6) is 0 Å². The number of rotatable bonds is 4. The van der Waals surface area contributed by atoms with Crippen LogP contribution in [0.2, 0.25) is 0 Å². The molecular formula is C53H33N3. The number of benzene rings is 8. The lowest BCUT2D eigenvalue weighted by Gasteiger charge is -2.50. The van der Waals surface area contributed by atoms with Crippen LogP contribution in [0, 0.1) is 22.7 Å². The molecule has 1 spiro atoms. The van der Waals surface area contributed by atoms with Crippen molar-refractivity contribution in [2.45, 2.75) is 5.41 Å². The monoisotopic (exact) mass is 711 g/mol. The van der Waals surface area contributed by atoms with Gasteiger partial charge in [0.05, 0.1) is 22.5 Å². The first kappa shape index (κ1) is 32.9. The maximum atomic E-state index is 10.3. The second kappa shape index (κ2) is 13.3. The van der Waals surface area contributed by atoms with Gasteiger partial charge in [-0.25, -0.2) is 0 Å². The van der Waals surface area contributed by atoms with Crippen LogP contribution in [0.25, 0.3) is 39.0 Å². The second-order valence-corrected chi connectivity index (χ2v) is 14.2. The molecule has 0 bridgehead atoms. The normalized spacial score (nSPS) is 13.0. The fraction of sp³-hybridized carbons (Fsp3) is 0.0189. The highest BCUT2D eigenvalue weighted by molar-refractivity contribution is 6.04. The van der Waals surface area contributed by atoms with Crippen molar-refractivity contribution in [3.05, 3.63) is 239 Å². The molecule has 260 valence electrons. The average Bonchev–Trinajstić information content (AvgIpc) is 3.28. The fourth-order valence-corrected chi connectivity index (χ4v) is 9.17. The first-order valence-electron chi connectivity index (χ1n) is 18.8. The van der Waals surface area contributed by atoms with Gasteiger partial charge in [-0.2, -0.15) is 10.5 Å². The van der Waals surface area contributed by atoms with Gasteiger partial charge in [-0.3, -0.25) is 0 Å². The van der Waals surface area contributed by atoms with Crippen molar-refractivity contribution in [3.63, 3.8) is 0 Å². The second-order valence-electron chi connectivity index (χ2n) is 14.2. The Balaban J connectivity index is 1.36. The molecule has 0 unspecified atom stereocenters. The van der Waals surface area contributed by atoms with Gasteiger partial charge >= 0.3 is 0 Å². The summed E-state index contributed by atoms with van der Waals surface area (Å²) in [6, 6.07) is 75.4. The lowest BCUT2D eigenvalue weighted by molar-refractivity contribution is 0.718. The van der Waals surface area contributed by atoms with Crippen molar-refractivity contribution in [2.24, 2.45) is 0 Å². The van der Waals surface area contributed by atoms with E-state index < -0.39 is 5.41 Å². The van der Waals surface area contributed by atoms with Gasteiger partial charge in [0.2, 0.25) is 0 Å². The SMILES string of the molecule is N#CC(C#N)=C1c2ccccc2C2(c3ccccc31)c1ccccc1N(c1c(-c3ccccc3)cc(-c3ccccc3)cc1-c1ccccc1)c1ccccc12. The zero-order chi connectivity index (χ0) is 37.6. The van der Waals surface area contributed by atoms with Crippen LogP contribution in [0.1, 0.15) is 33.4 Å². The molecule has 0 fully saturated rings. The number of fused-ring (bicyclic) bond motifs is 8. The van der Waals surface area contributed by atoms with Gasteiger partial charge in [-0.15, -0.1) is 0 Å². The largest absolute Gasteiger partial charge is 0.309 e. The molecule has 2 aliphatic rings. The van der Waals surface area contributed by atoms with E-state index in [9.17, 15) is 10.5 Å². The Labute approximate surface area is 326 Å². The van der Waals surface area contributed by atoms with E-state index in [2.05, 4.69) is 205 Å². The van der Waals surface area contributed by atoms with Gasteiger partial charge in [-0.05, 0) is 79.9 Å². The van der Waals surface area contributed by atoms with Crippen molar-refractivity contribution < 1.29 is 0 Å². The van der Waals surface area contributed by atoms with Crippen molar-refractivity contribution in [3.8, 4) is 45.5 Å². The summed E-state index contributed by atoms with van der Waals surface area (Å²) in [4.78, 5) is 2.47. The molecule has 8 aromatic carbocycles. The Bertz CT molecular complexity index is 2750. The lowest BCUT2D eigenvalue weighted by Crippen LogP contribution is -2.41. The first-order chi connectivity index (χ1) is 27.7. The smallest absolute Gasteiger partial charge is 0.138 e. The van der Waals surface area contributed by atoms with Gasteiger partial charge in [-0.1, -0.05) is 176 Å². The van der Waals surface area contributed by atoms with E-state index in [-0.39, 0.29) is 5.57 Å². The summed E-state index contributed by atoms with van der Waals surface area (Å²) in [6.07, 6.45) is 0. The van der Waals surface area contributed by atoms with Crippen molar-refractivity contribution in [2.75, 3.05) is 4.90 Å². The summed E-state index contributed by atoms with van der Waals surface area (Å²) in [7, 11) is 0. The first-order valence-corrected chi connectivity index (χ1v) is 18.8. The molecule has 0 atom stereocenters. The van der Waals surface area contributed by atoms with E-state index in [1.54, 1.807) is 0 Å². The fourth-order valence-electron chi connectivity index (χ4n) is 9.17. The number of hydrogen-bond donors (Lipinski definition) is 0. The number of nitrogens with zero attached hydrogens (tertiary/aromatic N) is 3. The van der Waals surface area contributed by atoms with Crippen LogP contribution in [0.15, 0.2) is 206 Å². The van der Waals surface area contributed by atoms with Gasteiger partial charge in [0.25, 0.3) is 0 Å². The molecule has 0 N–H and O–H groups in total. The summed E-state index contributed by atoms with van der Waals surface area (Å²) in [5, 5.41) is 20.6. The Morgan fingerprint density at radius 2 is 0.750 bits per heavy atom. The van der Waals surface area contributed by atoms with E-state index in [0.717, 1.165) is 83.8 Å². The molecule has 0 radical (unpaired) electrons. The van der Waals surface area contributed by atoms with E-state index in [1.165, 1.54) is 0 Å². The summed E-state index contributed by atoms with van der Waals surface area (Å²) in [5.74, 6) is 0. The molecule has 0 saturated heterocycles. The summed E-state index contributed by atoms with van der Waals surface area (Å²) in [5.41, 5.74) is 16.1. The van der Waals surface area contributed by atoms with Crippen LogP contribution in [0.4, 0.5) is 17.1 Å². The van der Waals surface area contributed by atoms with Crippen molar-refractivity contribution in [1.29, 1.82) is 10.5 Å². The molecule has 1 aliphatic carbocycles. The molecule has 8 aromatic rings. The van der Waals surface area contributed by atoms with Gasteiger partial charge in [0.15, 0.2) is 0 Å². The maximum Gasteiger partial charge on any atom is 0.138 e. The molecule has 10 rings (SSSR count). The number of hydrogen-bond acceptors (Lipinski definition) is 3. The quantitative estimate of drug-likeness (QED) is 0.171. The molecule has 1 heterocycles. The maximum absolute atomic E-state index is 10.3. The molecular weight excluding hydrogens is 679 g/mol. The topological polar surface area (TPSA) is 50.8 Å². The molecule has 0 amide bonds. The van der Waals surface area contributed by atoms with E-state index in [1.807, 2.05) is 12.1 Å². The van der Waals surface area contributed by atoms with E-state index in [0.29, 0.717) is 5.57 Å². The van der Waals surface area contributed by atoms with Gasteiger partial charge in [0.1, 0.15) is 17.7 Å². The van der Waals surface area contributed by atoms with Crippen molar-refractivity contribution in [1.82, 2.24) is 0 Å². The van der Waals surface area contributed by atoms with Crippen LogP contribution in [0.3, 0.4) is 0 Å². The third-order valence-corrected chi connectivity index (χ3v) is 11.4. The molecule has 1 aliphatic heterocycles. The predicted octanol–water partition coefficient (Wildman–Crippen LogP) is 13.0. The predicted molar refractivity (Wildman–Crippen MR) is 227 cm³/mol. The van der Waals surface area contributed by atoms with Crippen molar-refractivity contribution >= 4 is 22.6 Å². The average molecular weight is 712 g/mol. The summed E-state index contributed by atoms with van der Waals surface area (Å²) in [6.45, 7) is 0. The highest BCUT2D eigenvalue weighted by Crippen LogP contribution is 2.63. The molecule has 3 nitrogen and oxygen atoms in total. The summed E-state index contributed by atoms with van der Waals surface area (Å²) >= 11 is 0. The van der Waals surface area contributed by atoms with E-state index in [4.69, 9.17) is 0 Å².